The van der Waals surface area contributed by atoms with Gasteiger partial charge >= 0.3 is 0 Å². The molecule has 11 nitrogen and oxygen atoms in total. The van der Waals surface area contributed by atoms with Crippen molar-refractivity contribution in [1.29, 1.82) is 0 Å². The van der Waals surface area contributed by atoms with E-state index in [0.717, 1.165) is 29.5 Å². The highest BCUT2D eigenvalue weighted by Crippen LogP contribution is 2.28. The van der Waals surface area contributed by atoms with Crippen LogP contribution in [0.4, 0.5) is 0 Å². The number of sulfone groups is 1. The Morgan fingerprint density at radius 3 is 2.36 bits per heavy atom. The van der Waals surface area contributed by atoms with E-state index in [1.165, 1.54) is 6.26 Å². The van der Waals surface area contributed by atoms with Gasteiger partial charge in [0.2, 0.25) is 17.7 Å². The molecule has 4 aliphatic rings. The van der Waals surface area contributed by atoms with Gasteiger partial charge in [0.1, 0.15) is 6.04 Å². The molecule has 0 aromatic heterocycles. The molecular weight excluding hydrogens is 582 g/mol. The zero-order valence-corrected chi connectivity index (χ0v) is 25.9. The van der Waals surface area contributed by atoms with Gasteiger partial charge < -0.3 is 25.6 Å². The molecule has 2 bridgehead atoms. The topological polar surface area (TPSA) is 137 Å². The lowest BCUT2D eigenvalue weighted by Gasteiger charge is -2.31. The molecule has 0 unspecified atom stereocenters. The van der Waals surface area contributed by atoms with Gasteiger partial charge in [0.05, 0.1) is 17.4 Å². The van der Waals surface area contributed by atoms with Crippen molar-refractivity contribution in [3.05, 3.63) is 65.2 Å². The summed E-state index contributed by atoms with van der Waals surface area (Å²) in [5, 5.41) is 9.91. The van der Waals surface area contributed by atoms with E-state index < -0.39 is 21.9 Å². The second kappa shape index (κ2) is 13.0. The predicted octanol–water partition coefficient (Wildman–Crippen LogP) is 0.760. The number of fused-ring (bicyclic) bond motifs is 4. The summed E-state index contributed by atoms with van der Waals surface area (Å²) in [6.07, 6.45) is 4.10. The van der Waals surface area contributed by atoms with Crippen molar-refractivity contribution < 1.29 is 27.5 Å². The minimum absolute atomic E-state index is 0.0188. The van der Waals surface area contributed by atoms with Crippen LogP contribution in [0.3, 0.4) is 0 Å². The van der Waals surface area contributed by atoms with Crippen molar-refractivity contribution >= 4 is 27.6 Å². The second-order valence-electron chi connectivity index (χ2n) is 12.5. The van der Waals surface area contributed by atoms with Crippen LogP contribution in [0, 0.1) is 0 Å². The molecule has 3 amide bonds. The van der Waals surface area contributed by atoms with Gasteiger partial charge in [-0.1, -0.05) is 36.4 Å². The summed E-state index contributed by atoms with van der Waals surface area (Å²) in [6, 6.07) is 13.2. The van der Waals surface area contributed by atoms with Crippen LogP contribution in [0.1, 0.15) is 42.4 Å². The SMILES string of the molecule is CS(=O)(=O)c1ccc(CN2C[C@H]3C[C@H]2C(=O)N2C[C@@H](NC4CCOCC4)C[C@H]2C(=O)NCc2ccccc2CC(=O)N3)cc1. The molecule has 44 heavy (non-hydrogen) atoms. The molecule has 6 rings (SSSR count). The van der Waals surface area contributed by atoms with Gasteiger partial charge in [-0.25, -0.2) is 8.42 Å². The highest BCUT2D eigenvalue weighted by Gasteiger charge is 2.46. The van der Waals surface area contributed by atoms with Crippen molar-refractivity contribution in [2.24, 2.45) is 0 Å². The minimum atomic E-state index is -3.33. The summed E-state index contributed by atoms with van der Waals surface area (Å²) in [5.41, 5.74) is 2.60. The molecule has 12 heteroatoms. The van der Waals surface area contributed by atoms with Gasteiger partial charge in [-0.05, 0) is 54.5 Å². The van der Waals surface area contributed by atoms with E-state index in [1.54, 1.807) is 29.2 Å². The molecule has 0 radical (unpaired) electrons. The highest BCUT2D eigenvalue weighted by molar-refractivity contribution is 7.90. The van der Waals surface area contributed by atoms with Crippen molar-refractivity contribution in [2.45, 2.75) is 80.3 Å². The molecule has 3 N–H and O–H groups in total. The van der Waals surface area contributed by atoms with Gasteiger partial charge in [0.15, 0.2) is 9.84 Å². The summed E-state index contributed by atoms with van der Waals surface area (Å²) in [5.74, 6) is -0.442. The summed E-state index contributed by atoms with van der Waals surface area (Å²) in [4.78, 5) is 45.3. The number of hydrogen-bond donors (Lipinski definition) is 3. The molecular formula is C32H41N5O6S. The molecule has 0 saturated carbocycles. The Balaban J connectivity index is 1.28. The third kappa shape index (κ3) is 6.98. The molecule has 3 saturated heterocycles. The number of ether oxygens (including phenoxy) is 1. The van der Waals surface area contributed by atoms with E-state index in [4.69, 9.17) is 4.74 Å². The molecule has 3 fully saturated rings. The number of benzene rings is 2. The lowest BCUT2D eigenvalue weighted by molar-refractivity contribution is -0.142. The van der Waals surface area contributed by atoms with E-state index in [2.05, 4.69) is 16.0 Å². The summed E-state index contributed by atoms with van der Waals surface area (Å²) in [7, 11) is -3.33. The Morgan fingerprint density at radius 1 is 0.909 bits per heavy atom. The molecule has 2 aromatic carbocycles. The normalized spacial score (nSPS) is 27.3. The molecule has 0 aliphatic carbocycles. The second-order valence-corrected chi connectivity index (χ2v) is 14.5. The lowest BCUT2D eigenvalue weighted by atomic mass is 10.0. The van der Waals surface area contributed by atoms with Gasteiger partial charge in [0, 0.05) is 63.8 Å². The first kappa shape index (κ1) is 30.7. The summed E-state index contributed by atoms with van der Waals surface area (Å²) >= 11 is 0. The van der Waals surface area contributed by atoms with Crippen LogP contribution in [-0.2, 0) is 48.5 Å². The largest absolute Gasteiger partial charge is 0.381 e. The third-order valence-corrected chi connectivity index (χ3v) is 10.4. The van der Waals surface area contributed by atoms with Crippen LogP contribution in [-0.4, -0.2) is 98.7 Å². The number of carbonyl (C=O) groups excluding carboxylic acids is 3. The lowest BCUT2D eigenvalue weighted by Crippen LogP contribution is -2.52. The number of hydrogen-bond acceptors (Lipinski definition) is 8. The quantitative estimate of drug-likeness (QED) is 0.444. The van der Waals surface area contributed by atoms with Crippen LogP contribution in [0.25, 0.3) is 0 Å². The standard InChI is InChI=1S/C32H41N5O6S/c1-44(41,42)27-8-6-21(7-9-27)18-36-19-25-16-29(36)32(40)37-20-26(34-24-10-12-43-13-11-24)15-28(37)31(39)33-17-23-5-3-2-4-22(23)14-30(38)35-25/h2-9,24-26,28-29,34H,10-20H2,1H3,(H,33,39)(H,35,38)/t25-,26+,28+,29+/m1/s1. The van der Waals surface area contributed by atoms with Crippen LogP contribution in [0.15, 0.2) is 53.4 Å². The molecule has 4 aliphatic heterocycles. The zero-order chi connectivity index (χ0) is 30.8. The Labute approximate surface area is 258 Å². The Bertz CT molecular complexity index is 1490. The fourth-order valence-electron chi connectivity index (χ4n) is 7.01. The molecule has 2 aromatic rings. The zero-order valence-electron chi connectivity index (χ0n) is 25.0. The Morgan fingerprint density at radius 2 is 1.64 bits per heavy atom. The summed E-state index contributed by atoms with van der Waals surface area (Å²) < 4.78 is 29.5. The number of nitrogens with zero attached hydrogens (tertiary/aromatic N) is 2. The number of likely N-dealkylation sites (tertiary alicyclic amines) is 1. The monoisotopic (exact) mass is 623 g/mol. The van der Waals surface area contributed by atoms with Crippen LogP contribution >= 0.6 is 0 Å². The average molecular weight is 624 g/mol. The summed E-state index contributed by atoms with van der Waals surface area (Å²) in [6.45, 7) is 2.98. The molecule has 0 spiro atoms. The minimum Gasteiger partial charge on any atom is -0.381 e. The van der Waals surface area contributed by atoms with Crippen molar-refractivity contribution in [3.8, 4) is 0 Å². The first-order valence-electron chi connectivity index (χ1n) is 15.4. The Hall–Kier alpha value is -3.32. The average Bonchev–Trinajstić information content (AvgIpc) is 3.60. The number of rotatable bonds is 5. The van der Waals surface area contributed by atoms with Crippen LogP contribution in [0.2, 0.25) is 0 Å². The predicted molar refractivity (Wildman–Crippen MR) is 163 cm³/mol. The van der Waals surface area contributed by atoms with E-state index in [9.17, 15) is 22.8 Å². The number of amides is 3. The van der Waals surface area contributed by atoms with E-state index in [1.807, 2.05) is 29.2 Å². The van der Waals surface area contributed by atoms with Crippen LogP contribution < -0.4 is 16.0 Å². The van der Waals surface area contributed by atoms with Crippen LogP contribution in [0.5, 0.6) is 0 Å². The first-order valence-corrected chi connectivity index (χ1v) is 17.3. The maximum Gasteiger partial charge on any atom is 0.243 e. The smallest absolute Gasteiger partial charge is 0.243 e. The van der Waals surface area contributed by atoms with Crippen molar-refractivity contribution in [3.63, 3.8) is 0 Å². The van der Waals surface area contributed by atoms with E-state index in [-0.39, 0.29) is 53.7 Å². The fraction of sp³-hybridized carbons (Fsp3) is 0.531. The van der Waals surface area contributed by atoms with E-state index >= 15 is 0 Å². The highest BCUT2D eigenvalue weighted by atomic mass is 32.2. The molecule has 4 atom stereocenters. The maximum absolute atomic E-state index is 14.4. The first-order chi connectivity index (χ1) is 21.1. The van der Waals surface area contributed by atoms with Crippen molar-refractivity contribution in [1.82, 2.24) is 25.8 Å². The van der Waals surface area contributed by atoms with Gasteiger partial charge in [-0.3, -0.25) is 19.3 Å². The van der Waals surface area contributed by atoms with E-state index in [0.29, 0.717) is 45.7 Å². The number of nitrogens with one attached hydrogen (secondary N) is 3. The van der Waals surface area contributed by atoms with Crippen molar-refractivity contribution in [2.75, 3.05) is 32.6 Å². The maximum atomic E-state index is 14.4. The third-order valence-electron chi connectivity index (χ3n) is 9.29. The number of carbonyl (C=O) groups is 3. The Kier molecular flexibility index (Phi) is 9.04. The van der Waals surface area contributed by atoms with Gasteiger partial charge in [-0.2, -0.15) is 0 Å². The molecule has 236 valence electrons. The van der Waals surface area contributed by atoms with Gasteiger partial charge in [-0.15, -0.1) is 0 Å². The van der Waals surface area contributed by atoms with Gasteiger partial charge in [0.25, 0.3) is 0 Å². The fourth-order valence-corrected chi connectivity index (χ4v) is 7.64. The molecule has 4 heterocycles.